The van der Waals surface area contributed by atoms with Crippen LogP contribution in [0.2, 0.25) is 0 Å². The van der Waals surface area contributed by atoms with Gasteiger partial charge in [-0.2, -0.15) is 0 Å². The van der Waals surface area contributed by atoms with Crippen LogP contribution in [0.25, 0.3) is 0 Å². The number of carbonyl (C=O) groups is 2. The molecule has 0 aliphatic carbocycles. The lowest BCUT2D eigenvalue weighted by Crippen LogP contribution is -2.57. The predicted molar refractivity (Wildman–Crippen MR) is 138 cm³/mol. The van der Waals surface area contributed by atoms with Gasteiger partial charge < -0.3 is 24.4 Å². The van der Waals surface area contributed by atoms with Gasteiger partial charge in [-0.15, -0.1) is 0 Å². The quantitative estimate of drug-likeness (QED) is 0.656. The zero-order valence-electron chi connectivity index (χ0n) is 22.3. The van der Waals surface area contributed by atoms with E-state index in [1.165, 1.54) is 5.69 Å². The van der Waals surface area contributed by atoms with Gasteiger partial charge in [0.05, 0.1) is 6.67 Å². The number of H-pyrrole nitrogens is 1. The Kier molecular flexibility index (Phi) is 6.41. The maximum atomic E-state index is 14.0. The third kappa shape index (κ3) is 5.04. The van der Waals surface area contributed by atoms with Crippen molar-refractivity contribution in [3.63, 3.8) is 0 Å². The second-order valence-corrected chi connectivity index (χ2v) is 12.0. The molecule has 2 aliphatic heterocycles. The number of likely N-dealkylation sites (tertiary alicyclic amines) is 1. The van der Waals surface area contributed by atoms with Gasteiger partial charge in [0.15, 0.2) is 0 Å². The minimum atomic E-state index is -0.656. The van der Waals surface area contributed by atoms with E-state index in [1.807, 2.05) is 43.9 Å². The van der Waals surface area contributed by atoms with Crippen molar-refractivity contribution in [2.45, 2.75) is 84.4 Å². The molecule has 0 unspecified atom stereocenters. The standard InChI is InChI=1S/C28H40N4O3/c1-20-21(17-23(29-20)26(2,3)4)18-31-19-32(22-11-9-8-10-12-22)28(24(31)33)13-15-30(16-14-28)25(34)35-27(5,6)7/h8-12,17,29H,13-16,18-19H2,1-7H3. The molecule has 0 radical (unpaired) electrons. The van der Waals surface area contributed by atoms with Gasteiger partial charge in [0.25, 0.3) is 0 Å². The van der Waals surface area contributed by atoms with Gasteiger partial charge in [-0.05, 0) is 64.3 Å². The van der Waals surface area contributed by atoms with E-state index in [4.69, 9.17) is 4.74 Å². The molecule has 2 aliphatic rings. The highest BCUT2D eigenvalue weighted by atomic mass is 16.6. The zero-order chi connectivity index (χ0) is 25.6. The highest BCUT2D eigenvalue weighted by Gasteiger charge is 2.54. The van der Waals surface area contributed by atoms with Crippen molar-refractivity contribution in [3.05, 3.63) is 53.3 Å². The number of aromatic amines is 1. The normalized spacial score (nSPS) is 18.5. The molecule has 3 heterocycles. The first-order chi connectivity index (χ1) is 16.3. The number of aryl methyl sites for hydroxylation is 1. The first kappa shape index (κ1) is 25.1. The van der Waals surface area contributed by atoms with Gasteiger partial charge in [-0.25, -0.2) is 4.79 Å². The number of nitrogens with one attached hydrogen (secondary N) is 1. The van der Waals surface area contributed by atoms with Crippen molar-refractivity contribution >= 4 is 17.7 Å². The highest BCUT2D eigenvalue weighted by molar-refractivity contribution is 5.93. The van der Waals surface area contributed by atoms with Crippen LogP contribution < -0.4 is 4.90 Å². The molecular weight excluding hydrogens is 440 g/mol. The lowest BCUT2D eigenvalue weighted by Gasteiger charge is -2.43. The number of anilines is 1. The maximum absolute atomic E-state index is 14.0. The molecule has 4 rings (SSSR count). The van der Waals surface area contributed by atoms with E-state index in [-0.39, 0.29) is 17.4 Å². The monoisotopic (exact) mass is 480 g/mol. The first-order valence-corrected chi connectivity index (χ1v) is 12.6. The number of aromatic nitrogens is 1. The maximum Gasteiger partial charge on any atom is 0.410 e. The fourth-order valence-corrected chi connectivity index (χ4v) is 5.08. The Labute approximate surface area is 209 Å². The van der Waals surface area contributed by atoms with Crippen molar-refractivity contribution < 1.29 is 14.3 Å². The largest absolute Gasteiger partial charge is 0.444 e. The minimum absolute atomic E-state index is 0.0177. The number of hydrogen-bond donors (Lipinski definition) is 1. The molecule has 2 saturated heterocycles. The summed E-state index contributed by atoms with van der Waals surface area (Å²) in [5.74, 6) is 0.142. The Morgan fingerprint density at radius 1 is 1.06 bits per heavy atom. The molecule has 1 aromatic heterocycles. The average Bonchev–Trinajstić information content (AvgIpc) is 3.27. The number of nitrogens with zero attached hydrogens (tertiary/aromatic N) is 3. The van der Waals surface area contributed by atoms with Gasteiger partial charge in [0.2, 0.25) is 5.91 Å². The summed E-state index contributed by atoms with van der Waals surface area (Å²) in [6.07, 6.45) is 0.852. The number of piperidine rings is 1. The van der Waals surface area contributed by atoms with Crippen LogP contribution in [0.3, 0.4) is 0 Å². The SMILES string of the molecule is Cc1[nH]c(C(C)(C)C)cc1CN1CN(c2ccccc2)C2(CCN(C(=O)OC(C)(C)C)CC2)C1=O. The summed E-state index contributed by atoms with van der Waals surface area (Å²) in [5.41, 5.74) is 3.30. The number of para-hydroxylation sites is 1. The van der Waals surface area contributed by atoms with Gasteiger partial charge in [-0.3, -0.25) is 4.79 Å². The van der Waals surface area contributed by atoms with Gasteiger partial charge in [0, 0.05) is 42.1 Å². The number of carbonyl (C=O) groups excluding carboxylic acids is 2. The number of amides is 2. The molecular formula is C28H40N4O3. The number of ether oxygens (including phenoxy) is 1. The molecule has 7 nitrogen and oxygen atoms in total. The second-order valence-electron chi connectivity index (χ2n) is 12.0. The summed E-state index contributed by atoms with van der Waals surface area (Å²) in [6, 6.07) is 12.4. The first-order valence-electron chi connectivity index (χ1n) is 12.6. The smallest absolute Gasteiger partial charge is 0.410 e. The summed E-state index contributed by atoms with van der Waals surface area (Å²) in [7, 11) is 0. The fraction of sp³-hybridized carbons (Fsp3) is 0.571. The minimum Gasteiger partial charge on any atom is -0.444 e. The molecule has 0 bridgehead atoms. The molecule has 1 N–H and O–H groups in total. The van der Waals surface area contributed by atoms with Crippen molar-refractivity contribution in [1.82, 2.24) is 14.8 Å². The van der Waals surface area contributed by atoms with Crippen LogP contribution in [-0.4, -0.2) is 57.7 Å². The Morgan fingerprint density at radius 3 is 2.23 bits per heavy atom. The third-order valence-corrected chi connectivity index (χ3v) is 7.12. The van der Waals surface area contributed by atoms with Crippen LogP contribution >= 0.6 is 0 Å². The summed E-state index contributed by atoms with van der Waals surface area (Å²) in [6.45, 7) is 16.4. The van der Waals surface area contributed by atoms with Crippen molar-refractivity contribution in [1.29, 1.82) is 0 Å². The number of hydrogen-bond acceptors (Lipinski definition) is 4. The third-order valence-electron chi connectivity index (χ3n) is 7.12. The van der Waals surface area contributed by atoms with Crippen LogP contribution in [0.4, 0.5) is 10.5 Å². The number of benzene rings is 1. The highest BCUT2D eigenvalue weighted by Crippen LogP contribution is 2.40. The molecule has 35 heavy (non-hydrogen) atoms. The van der Waals surface area contributed by atoms with E-state index in [2.05, 4.69) is 55.8 Å². The second kappa shape index (κ2) is 8.92. The molecule has 2 fully saturated rings. The molecule has 190 valence electrons. The summed E-state index contributed by atoms with van der Waals surface area (Å²) in [4.78, 5) is 36.2. The molecule has 1 aromatic carbocycles. The van der Waals surface area contributed by atoms with Crippen molar-refractivity contribution in [3.8, 4) is 0 Å². The molecule has 0 saturated carbocycles. The van der Waals surface area contributed by atoms with E-state index in [1.54, 1.807) is 4.90 Å². The lowest BCUT2D eigenvalue weighted by molar-refractivity contribution is -0.134. The molecule has 7 heteroatoms. The summed E-state index contributed by atoms with van der Waals surface area (Å²) in [5, 5.41) is 0. The van der Waals surface area contributed by atoms with Crippen molar-refractivity contribution in [2.24, 2.45) is 0 Å². The van der Waals surface area contributed by atoms with E-state index < -0.39 is 11.1 Å². The fourth-order valence-electron chi connectivity index (χ4n) is 5.08. The van der Waals surface area contributed by atoms with E-state index in [0.717, 1.165) is 16.9 Å². The molecule has 0 atom stereocenters. The number of rotatable bonds is 3. The van der Waals surface area contributed by atoms with Gasteiger partial charge in [0.1, 0.15) is 11.1 Å². The predicted octanol–water partition coefficient (Wildman–Crippen LogP) is 5.20. The van der Waals surface area contributed by atoms with Gasteiger partial charge >= 0.3 is 6.09 Å². The van der Waals surface area contributed by atoms with Crippen LogP contribution in [-0.2, 0) is 21.5 Å². The molecule has 2 amide bonds. The Bertz CT molecular complexity index is 1070. The van der Waals surface area contributed by atoms with Crippen LogP contribution in [0.1, 0.15) is 71.3 Å². The van der Waals surface area contributed by atoms with Crippen LogP contribution in [0, 0.1) is 6.92 Å². The molecule has 2 aromatic rings. The molecule has 1 spiro atoms. The van der Waals surface area contributed by atoms with Crippen LogP contribution in [0.5, 0.6) is 0 Å². The Balaban J connectivity index is 1.58. The van der Waals surface area contributed by atoms with E-state index in [0.29, 0.717) is 39.1 Å². The van der Waals surface area contributed by atoms with Crippen molar-refractivity contribution in [2.75, 3.05) is 24.7 Å². The summed E-state index contributed by atoms with van der Waals surface area (Å²) < 4.78 is 5.58. The van der Waals surface area contributed by atoms with E-state index >= 15 is 0 Å². The zero-order valence-corrected chi connectivity index (χ0v) is 22.3. The van der Waals surface area contributed by atoms with Crippen LogP contribution in [0.15, 0.2) is 36.4 Å². The average molecular weight is 481 g/mol. The van der Waals surface area contributed by atoms with Gasteiger partial charge in [-0.1, -0.05) is 39.0 Å². The topological polar surface area (TPSA) is 68.9 Å². The van der Waals surface area contributed by atoms with E-state index in [9.17, 15) is 9.59 Å². The Morgan fingerprint density at radius 2 is 1.69 bits per heavy atom. The lowest BCUT2D eigenvalue weighted by atomic mass is 9.85. The Hall–Kier alpha value is -2.96. The summed E-state index contributed by atoms with van der Waals surface area (Å²) >= 11 is 0.